The molecule has 0 unspecified atom stereocenters. The number of hydrogen-bond donors (Lipinski definition) is 1. The van der Waals surface area contributed by atoms with Crippen LogP contribution in [0.3, 0.4) is 0 Å². The highest BCUT2D eigenvalue weighted by atomic mass is 15.1. The quantitative estimate of drug-likeness (QED) is 0.751. The van der Waals surface area contributed by atoms with Crippen LogP contribution in [0.5, 0.6) is 0 Å². The van der Waals surface area contributed by atoms with Crippen molar-refractivity contribution >= 4 is 5.82 Å². The van der Waals surface area contributed by atoms with Crippen molar-refractivity contribution in [3.63, 3.8) is 0 Å². The van der Waals surface area contributed by atoms with Crippen molar-refractivity contribution in [1.29, 1.82) is 0 Å². The lowest BCUT2D eigenvalue weighted by molar-refractivity contribution is 0.814. The molecule has 0 aromatic carbocycles. The molecular weight excluding hydrogens is 162 g/mol. The highest BCUT2D eigenvalue weighted by molar-refractivity contribution is 5.40. The van der Waals surface area contributed by atoms with Crippen molar-refractivity contribution in [2.45, 2.75) is 39.2 Å². The monoisotopic (exact) mass is 177 g/mol. The standard InChI is InChI=1S/C10H15N3/c1-7-6-9(12-8(2)11-7)13-10(3)4-5-10/h6H,4-5H2,1-3H3,(H,11,12,13). The number of anilines is 1. The summed E-state index contributed by atoms with van der Waals surface area (Å²) in [5.41, 5.74) is 1.33. The summed E-state index contributed by atoms with van der Waals surface area (Å²) in [4.78, 5) is 8.57. The summed E-state index contributed by atoms with van der Waals surface area (Å²) >= 11 is 0. The SMILES string of the molecule is Cc1cc(NC2(C)CC2)nc(C)n1. The van der Waals surface area contributed by atoms with Gasteiger partial charge in [-0.1, -0.05) is 0 Å². The second kappa shape index (κ2) is 2.69. The van der Waals surface area contributed by atoms with Crippen molar-refractivity contribution in [3.05, 3.63) is 17.6 Å². The van der Waals surface area contributed by atoms with Crippen LogP contribution >= 0.6 is 0 Å². The van der Waals surface area contributed by atoms with E-state index in [0.717, 1.165) is 17.3 Å². The Bertz CT molecular complexity index is 309. The fraction of sp³-hybridized carbons (Fsp3) is 0.600. The molecule has 3 nitrogen and oxygen atoms in total. The van der Waals surface area contributed by atoms with Gasteiger partial charge in [-0.05, 0) is 33.6 Å². The minimum absolute atomic E-state index is 0.299. The molecule has 3 heteroatoms. The van der Waals surface area contributed by atoms with E-state index in [1.807, 2.05) is 19.9 Å². The van der Waals surface area contributed by atoms with Crippen LogP contribution in [-0.2, 0) is 0 Å². The Morgan fingerprint density at radius 3 is 2.54 bits per heavy atom. The molecule has 1 aromatic rings. The predicted molar refractivity (Wildman–Crippen MR) is 52.8 cm³/mol. The van der Waals surface area contributed by atoms with E-state index in [2.05, 4.69) is 22.2 Å². The summed E-state index contributed by atoms with van der Waals surface area (Å²) in [6, 6.07) is 2.00. The second-order valence-electron chi connectivity index (χ2n) is 4.13. The van der Waals surface area contributed by atoms with Gasteiger partial charge in [0, 0.05) is 17.3 Å². The van der Waals surface area contributed by atoms with E-state index in [-0.39, 0.29) is 0 Å². The first-order valence-electron chi connectivity index (χ1n) is 4.68. The van der Waals surface area contributed by atoms with Crippen LogP contribution in [0.15, 0.2) is 6.07 Å². The Morgan fingerprint density at radius 2 is 2.00 bits per heavy atom. The second-order valence-corrected chi connectivity index (χ2v) is 4.13. The van der Waals surface area contributed by atoms with Crippen molar-refractivity contribution in [1.82, 2.24) is 9.97 Å². The molecule has 1 N–H and O–H groups in total. The van der Waals surface area contributed by atoms with Crippen LogP contribution < -0.4 is 5.32 Å². The van der Waals surface area contributed by atoms with E-state index in [1.54, 1.807) is 0 Å². The van der Waals surface area contributed by atoms with Gasteiger partial charge < -0.3 is 5.32 Å². The van der Waals surface area contributed by atoms with Gasteiger partial charge in [0.05, 0.1) is 0 Å². The average Bonchev–Trinajstić information content (AvgIpc) is 2.64. The van der Waals surface area contributed by atoms with Gasteiger partial charge in [0.2, 0.25) is 0 Å². The van der Waals surface area contributed by atoms with E-state index in [1.165, 1.54) is 12.8 Å². The van der Waals surface area contributed by atoms with Crippen LogP contribution in [0.1, 0.15) is 31.3 Å². The molecule has 1 aliphatic carbocycles. The molecule has 0 atom stereocenters. The van der Waals surface area contributed by atoms with E-state index < -0.39 is 0 Å². The number of hydrogen-bond acceptors (Lipinski definition) is 3. The Morgan fingerprint density at radius 1 is 1.31 bits per heavy atom. The Labute approximate surface area is 78.6 Å². The molecule has 0 radical (unpaired) electrons. The topological polar surface area (TPSA) is 37.8 Å². The zero-order valence-electron chi connectivity index (χ0n) is 8.39. The van der Waals surface area contributed by atoms with Crippen molar-refractivity contribution < 1.29 is 0 Å². The molecule has 1 saturated carbocycles. The molecule has 1 heterocycles. The van der Waals surface area contributed by atoms with Gasteiger partial charge in [0.15, 0.2) is 0 Å². The highest BCUT2D eigenvalue weighted by Gasteiger charge is 2.37. The van der Waals surface area contributed by atoms with Crippen LogP contribution in [0.25, 0.3) is 0 Å². The molecule has 2 rings (SSSR count). The smallest absolute Gasteiger partial charge is 0.130 e. The van der Waals surface area contributed by atoms with E-state index in [0.29, 0.717) is 5.54 Å². The molecule has 13 heavy (non-hydrogen) atoms. The van der Waals surface area contributed by atoms with Crippen LogP contribution in [0.4, 0.5) is 5.82 Å². The fourth-order valence-electron chi connectivity index (χ4n) is 1.40. The minimum Gasteiger partial charge on any atom is -0.365 e. The lowest BCUT2D eigenvalue weighted by atomic mass is 10.3. The maximum Gasteiger partial charge on any atom is 0.130 e. The maximum absolute atomic E-state index is 4.34. The first-order chi connectivity index (χ1) is 6.07. The summed E-state index contributed by atoms with van der Waals surface area (Å²) in [6.45, 7) is 6.14. The number of nitrogens with one attached hydrogen (secondary N) is 1. The minimum atomic E-state index is 0.299. The zero-order valence-corrected chi connectivity index (χ0v) is 8.39. The van der Waals surface area contributed by atoms with Crippen LogP contribution in [-0.4, -0.2) is 15.5 Å². The molecule has 0 aliphatic heterocycles. The van der Waals surface area contributed by atoms with Gasteiger partial charge in [0.1, 0.15) is 11.6 Å². The van der Waals surface area contributed by atoms with Gasteiger partial charge >= 0.3 is 0 Å². The summed E-state index contributed by atoms with van der Waals surface area (Å²) in [5, 5.41) is 3.42. The maximum atomic E-state index is 4.34. The van der Waals surface area contributed by atoms with Gasteiger partial charge in [-0.3, -0.25) is 0 Å². The van der Waals surface area contributed by atoms with Crippen LogP contribution in [0, 0.1) is 13.8 Å². The fourth-order valence-corrected chi connectivity index (χ4v) is 1.40. The number of nitrogens with zero attached hydrogens (tertiary/aromatic N) is 2. The molecule has 1 aliphatic rings. The molecule has 0 saturated heterocycles. The van der Waals surface area contributed by atoms with Gasteiger partial charge in [-0.25, -0.2) is 9.97 Å². The Kier molecular flexibility index (Phi) is 1.75. The lowest BCUT2D eigenvalue weighted by Crippen LogP contribution is -2.17. The zero-order chi connectivity index (χ0) is 9.47. The lowest BCUT2D eigenvalue weighted by Gasteiger charge is -2.12. The predicted octanol–water partition coefficient (Wildman–Crippen LogP) is 2.06. The Balaban J connectivity index is 2.20. The van der Waals surface area contributed by atoms with Gasteiger partial charge in [-0.2, -0.15) is 0 Å². The van der Waals surface area contributed by atoms with E-state index in [9.17, 15) is 0 Å². The molecule has 70 valence electrons. The average molecular weight is 177 g/mol. The molecule has 0 spiro atoms. The van der Waals surface area contributed by atoms with Gasteiger partial charge in [0.25, 0.3) is 0 Å². The Hall–Kier alpha value is -1.12. The largest absolute Gasteiger partial charge is 0.365 e. The number of aryl methyl sites for hydroxylation is 2. The molecule has 0 bridgehead atoms. The van der Waals surface area contributed by atoms with Crippen molar-refractivity contribution in [3.8, 4) is 0 Å². The van der Waals surface area contributed by atoms with E-state index in [4.69, 9.17) is 0 Å². The first-order valence-corrected chi connectivity index (χ1v) is 4.68. The van der Waals surface area contributed by atoms with Crippen molar-refractivity contribution in [2.24, 2.45) is 0 Å². The summed E-state index contributed by atoms with van der Waals surface area (Å²) < 4.78 is 0. The molecule has 0 amide bonds. The van der Waals surface area contributed by atoms with E-state index >= 15 is 0 Å². The molecular formula is C10H15N3. The van der Waals surface area contributed by atoms with Crippen LogP contribution in [0.2, 0.25) is 0 Å². The summed E-state index contributed by atoms with van der Waals surface area (Å²) in [7, 11) is 0. The van der Waals surface area contributed by atoms with Gasteiger partial charge in [-0.15, -0.1) is 0 Å². The highest BCUT2D eigenvalue weighted by Crippen LogP contribution is 2.37. The third-order valence-corrected chi connectivity index (χ3v) is 2.40. The first kappa shape index (κ1) is 8.48. The third-order valence-electron chi connectivity index (χ3n) is 2.40. The summed E-state index contributed by atoms with van der Waals surface area (Å²) in [5.74, 6) is 1.80. The third kappa shape index (κ3) is 1.97. The number of rotatable bonds is 2. The molecule has 1 aromatic heterocycles. The number of aromatic nitrogens is 2. The summed E-state index contributed by atoms with van der Waals surface area (Å²) in [6.07, 6.45) is 2.49. The van der Waals surface area contributed by atoms with Crippen molar-refractivity contribution in [2.75, 3.05) is 5.32 Å². The normalized spacial score (nSPS) is 18.4. The molecule has 1 fully saturated rings.